The van der Waals surface area contributed by atoms with Crippen LogP contribution in [0.25, 0.3) is 0 Å². The van der Waals surface area contributed by atoms with Crippen molar-refractivity contribution in [3.63, 3.8) is 0 Å². The normalized spacial score (nSPS) is 11.8. The van der Waals surface area contributed by atoms with Crippen LogP contribution in [0.4, 0.5) is 0 Å². The maximum Gasteiger partial charge on any atom is 0.0521 e. The summed E-state index contributed by atoms with van der Waals surface area (Å²) >= 11 is 0. The van der Waals surface area contributed by atoms with Crippen molar-refractivity contribution in [1.29, 1.82) is 0 Å². The molecule has 1 aromatic rings. The lowest BCUT2D eigenvalue weighted by atomic mass is 9.82. The molecule has 0 aliphatic heterocycles. The van der Waals surface area contributed by atoms with Gasteiger partial charge in [-0.05, 0) is 36.8 Å². The molecule has 132 valence electrons. The quantitative estimate of drug-likeness (QED) is 0.487. The minimum absolute atomic E-state index is 0.0560. The zero-order valence-electron chi connectivity index (χ0n) is 14.8. The Kier molecular flexibility index (Phi) is 10.2. The first-order chi connectivity index (χ1) is 11.2. The third kappa shape index (κ3) is 7.03. The molecule has 1 rings (SSSR count). The number of hydrogen-bond donors (Lipinski definition) is 3. The van der Waals surface area contributed by atoms with Crippen molar-refractivity contribution in [2.24, 2.45) is 11.1 Å². The van der Waals surface area contributed by atoms with Crippen molar-refractivity contribution in [1.82, 2.24) is 0 Å². The van der Waals surface area contributed by atoms with Crippen LogP contribution in [-0.2, 0) is 12.8 Å². The summed E-state index contributed by atoms with van der Waals surface area (Å²) in [6.07, 6.45) is 10.6. The molecule has 3 heteroatoms. The third-order valence-corrected chi connectivity index (χ3v) is 4.95. The third-order valence-electron chi connectivity index (χ3n) is 4.95. The molecule has 0 spiro atoms. The molecule has 0 saturated carbocycles. The number of rotatable bonds is 13. The summed E-state index contributed by atoms with van der Waals surface area (Å²) in [4.78, 5) is 0. The lowest BCUT2D eigenvalue weighted by Crippen LogP contribution is -2.38. The van der Waals surface area contributed by atoms with Crippen LogP contribution in [0.5, 0.6) is 0 Å². The van der Waals surface area contributed by atoms with E-state index < -0.39 is 5.41 Å². The van der Waals surface area contributed by atoms with Gasteiger partial charge in [0.15, 0.2) is 0 Å². The average Bonchev–Trinajstić information content (AvgIpc) is 2.60. The molecule has 0 fully saturated rings. The van der Waals surface area contributed by atoms with Crippen LogP contribution in [0, 0.1) is 5.41 Å². The fourth-order valence-electron chi connectivity index (χ4n) is 2.98. The highest BCUT2D eigenvalue weighted by atomic mass is 16.3. The summed E-state index contributed by atoms with van der Waals surface area (Å²) in [5.74, 6) is 0. The maximum atomic E-state index is 9.53. The Morgan fingerprint density at radius 3 is 2.00 bits per heavy atom. The molecule has 0 radical (unpaired) electrons. The van der Waals surface area contributed by atoms with E-state index in [-0.39, 0.29) is 13.2 Å². The second kappa shape index (κ2) is 11.6. The van der Waals surface area contributed by atoms with Crippen molar-refractivity contribution in [2.45, 2.75) is 64.7 Å². The smallest absolute Gasteiger partial charge is 0.0521 e. The first-order valence-corrected chi connectivity index (χ1v) is 9.20. The summed E-state index contributed by atoms with van der Waals surface area (Å²) in [6, 6.07) is 8.55. The zero-order valence-corrected chi connectivity index (χ0v) is 14.8. The number of hydrogen-bond acceptors (Lipinski definition) is 3. The second-order valence-corrected chi connectivity index (χ2v) is 6.81. The number of benzene rings is 1. The van der Waals surface area contributed by atoms with E-state index in [0.29, 0.717) is 6.54 Å². The van der Waals surface area contributed by atoms with Crippen molar-refractivity contribution >= 4 is 0 Å². The highest BCUT2D eigenvalue weighted by Gasteiger charge is 2.26. The van der Waals surface area contributed by atoms with E-state index in [9.17, 15) is 10.2 Å². The van der Waals surface area contributed by atoms with Gasteiger partial charge in [0.2, 0.25) is 0 Å². The lowest BCUT2D eigenvalue weighted by molar-refractivity contribution is 0.0546. The van der Waals surface area contributed by atoms with Gasteiger partial charge in [0.25, 0.3) is 0 Å². The number of aliphatic hydroxyl groups excluding tert-OH is 2. The van der Waals surface area contributed by atoms with Gasteiger partial charge in [0.05, 0.1) is 13.2 Å². The van der Waals surface area contributed by atoms with Gasteiger partial charge in [-0.1, -0.05) is 63.3 Å². The highest BCUT2D eigenvalue weighted by Crippen LogP contribution is 2.24. The predicted octanol–water partition coefficient (Wildman–Crippen LogP) is 3.45. The fourth-order valence-corrected chi connectivity index (χ4v) is 2.98. The largest absolute Gasteiger partial charge is 0.396 e. The number of aliphatic hydroxyl groups is 2. The highest BCUT2D eigenvalue weighted by molar-refractivity contribution is 5.27. The van der Waals surface area contributed by atoms with Gasteiger partial charge in [-0.25, -0.2) is 0 Å². The van der Waals surface area contributed by atoms with E-state index in [1.54, 1.807) is 0 Å². The van der Waals surface area contributed by atoms with Crippen molar-refractivity contribution in [3.05, 3.63) is 35.4 Å². The molecule has 0 saturated heterocycles. The molecule has 4 N–H and O–H groups in total. The molecule has 0 amide bonds. The SMILES string of the molecule is CCCCCCCCc1ccccc1CCC(CN)(CO)CO. The van der Waals surface area contributed by atoms with Gasteiger partial charge < -0.3 is 15.9 Å². The minimum Gasteiger partial charge on any atom is -0.396 e. The Labute approximate surface area is 141 Å². The molecule has 23 heavy (non-hydrogen) atoms. The van der Waals surface area contributed by atoms with Crippen LogP contribution >= 0.6 is 0 Å². The van der Waals surface area contributed by atoms with Gasteiger partial charge in [0.1, 0.15) is 0 Å². The van der Waals surface area contributed by atoms with E-state index in [4.69, 9.17) is 5.73 Å². The van der Waals surface area contributed by atoms with Crippen LogP contribution < -0.4 is 5.73 Å². The van der Waals surface area contributed by atoms with Crippen molar-refractivity contribution in [2.75, 3.05) is 19.8 Å². The Bertz CT molecular complexity index is 408. The molecule has 3 nitrogen and oxygen atoms in total. The van der Waals surface area contributed by atoms with Gasteiger partial charge in [0, 0.05) is 12.0 Å². The Morgan fingerprint density at radius 1 is 0.870 bits per heavy atom. The average molecular weight is 322 g/mol. The zero-order chi connectivity index (χ0) is 17.0. The van der Waals surface area contributed by atoms with E-state index >= 15 is 0 Å². The Balaban J connectivity index is 2.50. The molecule has 0 bridgehead atoms. The Morgan fingerprint density at radius 2 is 1.43 bits per heavy atom. The summed E-state index contributed by atoms with van der Waals surface area (Å²) in [6.45, 7) is 2.45. The van der Waals surface area contributed by atoms with E-state index in [2.05, 4.69) is 31.2 Å². The molecule has 0 aliphatic carbocycles. The van der Waals surface area contributed by atoms with Gasteiger partial charge in [-0.2, -0.15) is 0 Å². The second-order valence-electron chi connectivity index (χ2n) is 6.81. The summed E-state index contributed by atoms with van der Waals surface area (Å²) in [5.41, 5.74) is 7.94. The molecule has 0 aromatic heterocycles. The standard InChI is InChI=1S/C20H35NO2/c1-2-3-4-5-6-7-10-18-11-8-9-12-19(18)13-14-20(15-21,16-22)17-23/h8-9,11-12,22-23H,2-7,10,13-17,21H2,1H3. The van der Waals surface area contributed by atoms with Crippen LogP contribution in [-0.4, -0.2) is 30.0 Å². The van der Waals surface area contributed by atoms with Crippen LogP contribution in [0.3, 0.4) is 0 Å². The number of aryl methyl sites for hydroxylation is 2. The van der Waals surface area contributed by atoms with Crippen molar-refractivity contribution in [3.8, 4) is 0 Å². The maximum absolute atomic E-state index is 9.53. The fraction of sp³-hybridized carbons (Fsp3) is 0.700. The molecular formula is C20H35NO2. The van der Waals surface area contributed by atoms with E-state index in [1.807, 2.05) is 0 Å². The van der Waals surface area contributed by atoms with Gasteiger partial charge in [-0.3, -0.25) is 0 Å². The predicted molar refractivity (Wildman–Crippen MR) is 97.5 cm³/mol. The number of nitrogens with two attached hydrogens (primary N) is 1. The van der Waals surface area contributed by atoms with Crippen molar-refractivity contribution < 1.29 is 10.2 Å². The summed E-state index contributed by atoms with van der Waals surface area (Å²) < 4.78 is 0. The summed E-state index contributed by atoms with van der Waals surface area (Å²) in [5, 5.41) is 19.1. The van der Waals surface area contributed by atoms with E-state index in [0.717, 1.165) is 19.3 Å². The molecule has 0 atom stereocenters. The van der Waals surface area contributed by atoms with Gasteiger partial charge in [-0.15, -0.1) is 0 Å². The first-order valence-electron chi connectivity index (χ1n) is 9.20. The molecular weight excluding hydrogens is 286 g/mol. The van der Waals surface area contributed by atoms with Gasteiger partial charge >= 0.3 is 0 Å². The molecule has 1 aromatic carbocycles. The summed E-state index contributed by atoms with van der Waals surface area (Å²) in [7, 11) is 0. The monoisotopic (exact) mass is 321 g/mol. The van der Waals surface area contributed by atoms with E-state index in [1.165, 1.54) is 49.7 Å². The molecule has 0 aliphatic rings. The lowest BCUT2D eigenvalue weighted by Gasteiger charge is -2.28. The minimum atomic E-state index is -0.548. The topological polar surface area (TPSA) is 66.5 Å². The molecule has 0 heterocycles. The van der Waals surface area contributed by atoms with Crippen LogP contribution in [0.2, 0.25) is 0 Å². The van der Waals surface area contributed by atoms with Crippen LogP contribution in [0.15, 0.2) is 24.3 Å². The first kappa shape index (κ1) is 20.1. The molecule has 0 unspecified atom stereocenters. The Hall–Kier alpha value is -0.900. The van der Waals surface area contributed by atoms with Crippen LogP contribution in [0.1, 0.15) is 63.0 Å². The number of unbranched alkanes of at least 4 members (excludes halogenated alkanes) is 5.